The quantitative estimate of drug-likeness (QED) is 0.143. The fourth-order valence-corrected chi connectivity index (χ4v) is 7.59. The summed E-state index contributed by atoms with van der Waals surface area (Å²) in [6.07, 6.45) is -13.5. The van der Waals surface area contributed by atoms with Gasteiger partial charge in [0.1, 0.15) is 62.0 Å². The van der Waals surface area contributed by atoms with Crippen LogP contribution in [0.3, 0.4) is 0 Å². The molecule has 2 saturated heterocycles. The van der Waals surface area contributed by atoms with Crippen molar-refractivity contribution < 1.29 is 59.8 Å². The van der Waals surface area contributed by atoms with Gasteiger partial charge < -0.3 is 59.8 Å². The van der Waals surface area contributed by atoms with Crippen LogP contribution in [0, 0.1) is 23.7 Å². The molecule has 0 saturated carbocycles. The second kappa shape index (κ2) is 15.6. The molecule has 2 aliphatic rings. The first-order valence-corrected chi connectivity index (χ1v) is 16.3. The summed E-state index contributed by atoms with van der Waals surface area (Å²) in [5, 5.41) is 80.3. The SMILES string of the molecule is OC[C@H]1O[C@H](OCC#Cc2ccc(-c3ccsc3-c3ccc(C#CCO[C@H]4O[C@H](CO)[C@@H](O)[C@H](O)[C@@H]4O)s3)s2)[C@@H](O)[C@@H](O)[C@@H]1O. The highest BCUT2D eigenvalue weighted by atomic mass is 32.1. The standard InChI is InChI=1S/C30H32O12S3/c31-13-18-22(33)24(35)26(37)29(41-18)39-10-1-3-15-5-7-20(44-15)17-9-12-43-28(17)21-8-6-16(45-21)4-2-11-40-30-27(38)25(36)23(34)19(14-32)42-30/h5-9,12,18-19,22-27,29-38H,10-11,13-14H2/t18-,19-,22-,23-,24+,25+,26+,27+,29+,30+/m1/s1. The molecule has 0 bridgehead atoms. The van der Waals surface area contributed by atoms with E-state index in [4.69, 9.17) is 18.9 Å². The summed E-state index contributed by atoms with van der Waals surface area (Å²) < 4.78 is 21.5. The summed E-state index contributed by atoms with van der Waals surface area (Å²) in [7, 11) is 0. The Morgan fingerprint density at radius 1 is 0.622 bits per heavy atom. The average molecular weight is 681 g/mol. The van der Waals surface area contributed by atoms with Crippen LogP contribution >= 0.6 is 34.0 Å². The zero-order valence-electron chi connectivity index (χ0n) is 23.5. The van der Waals surface area contributed by atoms with Gasteiger partial charge in [-0.1, -0.05) is 23.7 Å². The molecular formula is C30H32O12S3. The summed E-state index contributed by atoms with van der Waals surface area (Å²) in [6, 6.07) is 9.77. The molecule has 12 nitrogen and oxygen atoms in total. The van der Waals surface area contributed by atoms with Crippen LogP contribution < -0.4 is 0 Å². The molecule has 0 radical (unpaired) electrons. The Kier molecular flexibility index (Phi) is 11.8. The molecule has 2 fully saturated rings. The molecule has 2 aliphatic heterocycles. The van der Waals surface area contributed by atoms with Gasteiger partial charge in [-0.25, -0.2) is 0 Å². The molecule has 45 heavy (non-hydrogen) atoms. The van der Waals surface area contributed by atoms with Crippen LogP contribution in [0.25, 0.3) is 20.2 Å². The van der Waals surface area contributed by atoms with Crippen LogP contribution in [-0.4, -0.2) is 129 Å². The third-order valence-electron chi connectivity index (χ3n) is 7.13. The lowest BCUT2D eigenvalue weighted by molar-refractivity contribution is -0.298. The predicted octanol–water partition coefficient (Wildman–Crippen LogP) is -0.459. The van der Waals surface area contributed by atoms with Gasteiger partial charge in [-0.3, -0.25) is 0 Å². The minimum Gasteiger partial charge on any atom is -0.394 e. The van der Waals surface area contributed by atoms with Crippen LogP contribution in [0.15, 0.2) is 35.7 Å². The largest absolute Gasteiger partial charge is 0.394 e. The van der Waals surface area contributed by atoms with Crippen molar-refractivity contribution in [2.24, 2.45) is 0 Å². The molecule has 3 aromatic heterocycles. The fourth-order valence-electron chi connectivity index (χ4n) is 4.68. The molecule has 5 rings (SSSR count). The zero-order valence-corrected chi connectivity index (χ0v) is 26.0. The van der Waals surface area contributed by atoms with Gasteiger partial charge in [-0.2, -0.15) is 0 Å². The summed E-state index contributed by atoms with van der Waals surface area (Å²) in [4.78, 5) is 4.68. The molecule has 0 unspecified atom stereocenters. The van der Waals surface area contributed by atoms with Crippen molar-refractivity contribution in [3.63, 3.8) is 0 Å². The van der Waals surface area contributed by atoms with Crippen LogP contribution in [0.2, 0.25) is 0 Å². The molecular weight excluding hydrogens is 649 g/mol. The highest BCUT2D eigenvalue weighted by Crippen LogP contribution is 2.42. The van der Waals surface area contributed by atoms with E-state index in [1.54, 1.807) is 11.3 Å². The molecule has 10 atom stereocenters. The van der Waals surface area contributed by atoms with E-state index in [1.807, 2.05) is 35.7 Å². The average Bonchev–Trinajstić information content (AvgIpc) is 3.82. The molecule has 5 heterocycles. The number of hydrogen-bond donors (Lipinski definition) is 8. The van der Waals surface area contributed by atoms with Crippen LogP contribution in [0.4, 0.5) is 0 Å². The van der Waals surface area contributed by atoms with Crippen molar-refractivity contribution in [1.29, 1.82) is 0 Å². The van der Waals surface area contributed by atoms with E-state index >= 15 is 0 Å². The predicted molar refractivity (Wildman–Crippen MR) is 164 cm³/mol. The molecule has 8 N–H and O–H groups in total. The molecule has 0 amide bonds. The molecule has 242 valence electrons. The minimum atomic E-state index is -1.51. The van der Waals surface area contributed by atoms with Crippen molar-refractivity contribution in [1.82, 2.24) is 0 Å². The van der Waals surface area contributed by atoms with Crippen LogP contribution in [0.1, 0.15) is 9.75 Å². The van der Waals surface area contributed by atoms with Gasteiger partial charge in [0.15, 0.2) is 12.6 Å². The molecule has 3 aromatic rings. The van der Waals surface area contributed by atoms with E-state index in [0.717, 1.165) is 29.9 Å². The van der Waals surface area contributed by atoms with E-state index in [-0.39, 0.29) is 13.2 Å². The first-order valence-electron chi connectivity index (χ1n) is 13.8. The Balaban J connectivity index is 1.16. The van der Waals surface area contributed by atoms with Gasteiger partial charge in [0.25, 0.3) is 0 Å². The first-order chi connectivity index (χ1) is 21.7. The molecule has 0 aliphatic carbocycles. The maximum Gasteiger partial charge on any atom is 0.187 e. The maximum atomic E-state index is 10.1. The fraction of sp³-hybridized carbons (Fsp3) is 0.467. The maximum absolute atomic E-state index is 10.1. The van der Waals surface area contributed by atoms with E-state index < -0.39 is 74.6 Å². The lowest BCUT2D eigenvalue weighted by atomic mass is 9.99. The highest BCUT2D eigenvalue weighted by molar-refractivity contribution is 7.22. The van der Waals surface area contributed by atoms with Gasteiger partial charge in [-0.05, 0) is 35.7 Å². The van der Waals surface area contributed by atoms with Crippen LogP contribution in [0.5, 0.6) is 0 Å². The normalized spacial score (nSPS) is 31.6. The number of ether oxygens (including phenoxy) is 4. The Bertz CT molecular complexity index is 1410. The van der Waals surface area contributed by atoms with Gasteiger partial charge in [0.2, 0.25) is 0 Å². The number of hydrogen-bond acceptors (Lipinski definition) is 15. The second-order valence-electron chi connectivity index (χ2n) is 10.1. The molecule has 15 heteroatoms. The van der Waals surface area contributed by atoms with Crippen molar-refractivity contribution in [2.45, 2.75) is 61.4 Å². The number of aliphatic hydroxyl groups is 8. The molecule has 0 spiro atoms. The van der Waals surface area contributed by atoms with Gasteiger partial charge in [0.05, 0.1) is 27.8 Å². The van der Waals surface area contributed by atoms with Crippen molar-refractivity contribution in [2.75, 3.05) is 26.4 Å². The summed E-state index contributed by atoms with van der Waals surface area (Å²) >= 11 is 4.60. The van der Waals surface area contributed by atoms with Crippen LogP contribution in [-0.2, 0) is 18.9 Å². The smallest absolute Gasteiger partial charge is 0.187 e. The Morgan fingerprint density at radius 3 is 1.62 bits per heavy atom. The third kappa shape index (κ3) is 7.83. The summed E-state index contributed by atoms with van der Waals surface area (Å²) in [5.74, 6) is 11.7. The summed E-state index contributed by atoms with van der Waals surface area (Å²) in [5.41, 5.74) is 1.04. The summed E-state index contributed by atoms with van der Waals surface area (Å²) in [6.45, 7) is -1.29. The Hall–Kier alpha value is -2.26. The van der Waals surface area contributed by atoms with E-state index in [1.165, 1.54) is 22.7 Å². The Labute approximate surface area is 270 Å². The minimum absolute atomic E-state index is 0.104. The number of rotatable bonds is 8. The Morgan fingerprint density at radius 2 is 1.11 bits per heavy atom. The van der Waals surface area contributed by atoms with Crippen molar-refractivity contribution in [3.8, 4) is 43.9 Å². The molecule has 0 aromatic carbocycles. The number of aliphatic hydroxyl groups excluding tert-OH is 8. The first kappa shape index (κ1) is 34.1. The zero-order chi connectivity index (χ0) is 32.1. The number of thiophene rings is 3. The lowest BCUT2D eigenvalue weighted by Crippen LogP contribution is -2.59. The van der Waals surface area contributed by atoms with E-state index in [2.05, 4.69) is 23.7 Å². The van der Waals surface area contributed by atoms with Crippen molar-refractivity contribution >= 4 is 34.0 Å². The lowest BCUT2D eigenvalue weighted by Gasteiger charge is -2.39. The van der Waals surface area contributed by atoms with E-state index in [0.29, 0.717) is 0 Å². The second-order valence-corrected chi connectivity index (χ2v) is 13.2. The van der Waals surface area contributed by atoms with Gasteiger partial charge >= 0.3 is 0 Å². The third-order valence-corrected chi connectivity index (χ3v) is 10.3. The topological polar surface area (TPSA) is 199 Å². The highest BCUT2D eigenvalue weighted by Gasteiger charge is 2.45. The van der Waals surface area contributed by atoms with Gasteiger partial charge in [-0.15, -0.1) is 34.0 Å². The monoisotopic (exact) mass is 680 g/mol. The van der Waals surface area contributed by atoms with Crippen molar-refractivity contribution in [3.05, 3.63) is 45.5 Å². The van der Waals surface area contributed by atoms with Gasteiger partial charge in [0, 0.05) is 15.3 Å². The van der Waals surface area contributed by atoms with E-state index in [9.17, 15) is 40.9 Å².